The number of benzene rings is 1. The van der Waals surface area contributed by atoms with E-state index in [0.29, 0.717) is 29.8 Å². The molecule has 0 aliphatic carbocycles. The molecule has 1 atom stereocenters. The van der Waals surface area contributed by atoms with Gasteiger partial charge in [-0.1, -0.05) is 12.1 Å². The number of para-hydroxylation sites is 2. The van der Waals surface area contributed by atoms with Gasteiger partial charge < -0.3 is 20.6 Å². The monoisotopic (exact) mass is 429 g/mol. The molecule has 3 heterocycles. The number of rotatable bonds is 7. The van der Waals surface area contributed by atoms with Crippen LogP contribution in [0.15, 0.2) is 41.7 Å². The van der Waals surface area contributed by atoms with E-state index in [1.807, 2.05) is 31.2 Å². The van der Waals surface area contributed by atoms with Gasteiger partial charge in [-0.3, -0.25) is 9.19 Å². The first kappa shape index (κ1) is 22.3. The molecule has 1 unspecified atom stereocenters. The first-order chi connectivity index (χ1) is 13.6. The Kier molecular flexibility index (Phi) is 7.42. The van der Waals surface area contributed by atoms with Gasteiger partial charge in [-0.2, -0.15) is 0 Å². The molecule has 10 heteroatoms. The molecule has 1 N–H and O–H groups in total. The van der Waals surface area contributed by atoms with Gasteiger partial charge in [0.25, 0.3) is 0 Å². The van der Waals surface area contributed by atoms with Gasteiger partial charge in [0.05, 0.1) is 46.5 Å². The fourth-order valence-corrected chi connectivity index (χ4v) is 4.07. The Morgan fingerprint density at radius 3 is 2.79 bits per heavy atom. The van der Waals surface area contributed by atoms with Crippen molar-refractivity contribution in [2.24, 2.45) is 0 Å². The topological polar surface area (TPSA) is 86.3 Å². The molecule has 4 rings (SSSR count). The van der Waals surface area contributed by atoms with Crippen LogP contribution in [-0.2, 0) is 26.0 Å². The number of aromatic nitrogens is 3. The number of pyridine rings is 1. The molecule has 7 nitrogen and oxygen atoms in total. The predicted octanol–water partition coefficient (Wildman–Crippen LogP) is -0.218. The number of hydrogen-bond acceptors (Lipinski definition) is 6. The van der Waals surface area contributed by atoms with E-state index < -0.39 is 23.3 Å². The van der Waals surface area contributed by atoms with E-state index in [4.69, 9.17) is 14.2 Å². The average Bonchev–Trinajstić information content (AvgIpc) is 3.36. The Morgan fingerprint density at radius 2 is 2.07 bits per heavy atom. The normalized spacial score (nSPS) is 16.5. The van der Waals surface area contributed by atoms with Gasteiger partial charge in [-0.15, -0.1) is 0 Å². The molecule has 0 saturated carbocycles. The van der Waals surface area contributed by atoms with Gasteiger partial charge in [0.2, 0.25) is 5.79 Å². The standard InChI is InChI=1S/C19H20FN3O4S.Na.H/c1-13-16(10-28(24)18-22-14-4-2-3-5-15(14)23-18)21-7-6-17(13)25-12-19(11-20)26-8-9-27-19;;/h2-7H,8-12H2,1H3,(H,22,23);;/q;+1;-1. The van der Waals surface area contributed by atoms with Gasteiger partial charge in [-0.05, 0) is 25.1 Å². The van der Waals surface area contributed by atoms with Crippen molar-refractivity contribution < 1.29 is 53.8 Å². The molecule has 150 valence electrons. The van der Waals surface area contributed by atoms with Crippen LogP contribution in [0.3, 0.4) is 0 Å². The number of alkyl halides is 1. The molecule has 0 radical (unpaired) electrons. The van der Waals surface area contributed by atoms with Crippen LogP contribution in [0.1, 0.15) is 12.7 Å². The number of hydrogen-bond donors (Lipinski definition) is 1. The van der Waals surface area contributed by atoms with Crippen LogP contribution in [0.2, 0.25) is 0 Å². The summed E-state index contributed by atoms with van der Waals surface area (Å²) in [6.45, 7) is 1.64. The molecule has 1 aliphatic rings. The van der Waals surface area contributed by atoms with Gasteiger partial charge >= 0.3 is 29.6 Å². The number of ether oxygens (including phenoxy) is 3. The smallest absolute Gasteiger partial charge is 1.00 e. The van der Waals surface area contributed by atoms with E-state index in [9.17, 15) is 8.60 Å². The van der Waals surface area contributed by atoms with Crippen molar-refractivity contribution in [1.82, 2.24) is 15.0 Å². The molecule has 0 spiro atoms. The molecule has 1 saturated heterocycles. The van der Waals surface area contributed by atoms with Crippen LogP contribution in [0, 0.1) is 6.92 Å². The Balaban J connectivity index is 0.00000160. The predicted molar refractivity (Wildman–Crippen MR) is 102 cm³/mol. The third-order valence-electron chi connectivity index (χ3n) is 4.57. The van der Waals surface area contributed by atoms with E-state index in [1.165, 1.54) is 0 Å². The first-order valence-electron chi connectivity index (χ1n) is 8.84. The fourth-order valence-electron chi connectivity index (χ4n) is 2.97. The summed E-state index contributed by atoms with van der Waals surface area (Å²) >= 11 is 0. The number of H-pyrrole nitrogens is 1. The maximum Gasteiger partial charge on any atom is 1.00 e. The van der Waals surface area contributed by atoms with Crippen molar-refractivity contribution in [2.45, 2.75) is 23.6 Å². The van der Waals surface area contributed by atoms with Crippen molar-refractivity contribution in [3.8, 4) is 5.75 Å². The van der Waals surface area contributed by atoms with E-state index in [-0.39, 0.29) is 43.3 Å². The summed E-state index contributed by atoms with van der Waals surface area (Å²) in [5.74, 6) is -0.643. The van der Waals surface area contributed by atoms with E-state index in [0.717, 1.165) is 16.6 Å². The quantitative estimate of drug-likeness (QED) is 0.523. The van der Waals surface area contributed by atoms with Crippen molar-refractivity contribution in [2.75, 3.05) is 26.5 Å². The molecule has 1 fully saturated rings. The van der Waals surface area contributed by atoms with Crippen LogP contribution in [0.25, 0.3) is 11.0 Å². The number of imidazole rings is 1. The van der Waals surface area contributed by atoms with Crippen LogP contribution in [-0.4, -0.2) is 51.4 Å². The minimum atomic E-state index is -1.40. The molecule has 1 aliphatic heterocycles. The Bertz CT molecular complexity index is 983. The number of halogens is 1. The second-order valence-electron chi connectivity index (χ2n) is 6.46. The Labute approximate surface area is 193 Å². The first-order valence-corrected chi connectivity index (χ1v) is 10.2. The molecule has 1 aromatic carbocycles. The molecule has 3 aromatic rings. The SMILES string of the molecule is Cc1c(OCC2(CF)OCCO2)ccnc1CS(=O)c1nc2ccccc2[nH]1.[H-].[Na+]. The zero-order chi connectivity index (χ0) is 19.6. The molecule has 0 bridgehead atoms. The summed E-state index contributed by atoms with van der Waals surface area (Å²) in [4.78, 5) is 11.8. The summed E-state index contributed by atoms with van der Waals surface area (Å²) in [6, 6.07) is 9.20. The van der Waals surface area contributed by atoms with Gasteiger partial charge in [0.15, 0.2) is 5.16 Å². The molecule has 29 heavy (non-hydrogen) atoms. The van der Waals surface area contributed by atoms with Crippen molar-refractivity contribution in [3.63, 3.8) is 0 Å². The molecule has 0 amide bonds. The summed E-state index contributed by atoms with van der Waals surface area (Å²) in [5.41, 5.74) is 2.96. The third-order valence-corrected chi connectivity index (χ3v) is 5.73. The van der Waals surface area contributed by atoms with Crippen LogP contribution >= 0.6 is 0 Å². The number of nitrogens with one attached hydrogen (secondary N) is 1. The maximum absolute atomic E-state index is 13.3. The van der Waals surface area contributed by atoms with E-state index >= 15 is 0 Å². The van der Waals surface area contributed by atoms with E-state index in [1.54, 1.807) is 12.3 Å². The van der Waals surface area contributed by atoms with Gasteiger partial charge in [-0.25, -0.2) is 9.37 Å². The van der Waals surface area contributed by atoms with Crippen LogP contribution in [0.5, 0.6) is 5.75 Å². The molecule has 2 aromatic heterocycles. The number of aromatic amines is 1. The zero-order valence-electron chi connectivity index (χ0n) is 17.3. The number of fused-ring (bicyclic) bond motifs is 1. The van der Waals surface area contributed by atoms with Crippen molar-refractivity contribution in [1.29, 1.82) is 0 Å². The third kappa shape index (κ3) is 4.87. The number of nitrogens with zero attached hydrogens (tertiary/aromatic N) is 2. The van der Waals surface area contributed by atoms with Crippen LogP contribution < -0.4 is 34.3 Å². The Morgan fingerprint density at radius 1 is 1.31 bits per heavy atom. The van der Waals surface area contributed by atoms with Crippen molar-refractivity contribution >= 4 is 21.8 Å². The van der Waals surface area contributed by atoms with Gasteiger partial charge in [0.1, 0.15) is 19.0 Å². The van der Waals surface area contributed by atoms with E-state index in [2.05, 4.69) is 15.0 Å². The zero-order valence-corrected chi connectivity index (χ0v) is 19.1. The maximum atomic E-state index is 13.3. The van der Waals surface area contributed by atoms with Crippen molar-refractivity contribution in [3.05, 3.63) is 47.8 Å². The van der Waals surface area contributed by atoms with Crippen LogP contribution in [0.4, 0.5) is 4.39 Å². The fraction of sp³-hybridized carbons (Fsp3) is 0.368. The average molecular weight is 429 g/mol. The minimum Gasteiger partial charge on any atom is -1.00 e. The summed E-state index contributed by atoms with van der Waals surface area (Å²) < 4.78 is 42.5. The summed E-state index contributed by atoms with van der Waals surface area (Å²) in [7, 11) is -1.40. The molecular formula is C19H21FN3NaO4S. The second-order valence-corrected chi connectivity index (χ2v) is 7.83. The minimum absolute atomic E-state index is 0. The molecular weight excluding hydrogens is 408 g/mol. The van der Waals surface area contributed by atoms with Gasteiger partial charge in [0, 0.05) is 11.8 Å². The Hall–Kier alpha value is -1.36. The second kappa shape index (κ2) is 9.63. The summed E-state index contributed by atoms with van der Waals surface area (Å²) in [6.07, 6.45) is 1.58. The summed E-state index contributed by atoms with van der Waals surface area (Å²) in [5, 5.41) is 0.401. The largest absolute Gasteiger partial charge is 1.00 e.